The molecule has 0 aliphatic heterocycles. The van der Waals surface area contributed by atoms with Gasteiger partial charge in [-0.15, -0.1) is 10.2 Å². The molecule has 17 heavy (non-hydrogen) atoms. The van der Waals surface area contributed by atoms with Gasteiger partial charge in [-0.05, 0) is 19.9 Å². The van der Waals surface area contributed by atoms with Crippen molar-refractivity contribution in [3.63, 3.8) is 0 Å². The highest BCUT2D eigenvalue weighted by molar-refractivity contribution is 7.11. The molecule has 0 spiro atoms. The van der Waals surface area contributed by atoms with Crippen LogP contribution in [0.2, 0.25) is 0 Å². The monoisotopic (exact) mass is 259 g/mol. The van der Waals surface area contributed by atoms with E-state index in [0.29, 0.717) is 6.61 Å². The number of rotatable bonds is 10. The van der Waals surface area contributed by atoms with Gasteiger partial charge in [0.25, 0.3) is 0 Å². The highest BCUT2D eigenvalue weighted by Gasteiger charge is 2.03. The van der Waals surface area contributed by atoms with E-state index in [-0.39, 0.29) is 0 Å². The van der Waals surface area contributed by atoms with Crippen molar-refractivity contribution >= 4 is 11.3 Å². The number of nitrogens with one attached hydrogen (secondary N) is 1. The molecule has 1 aromatic rings. The largest absolute Gasteiger partial charge is 0.383 e. The Morgan fingerprint density at radius 3 is 2.82 bits per heavy atom. The first-order valence-electron chi connectivity index (χ1n) is 5.95. The van der Waals surface area contributed by atoms with E-state index < -0.39 is 0 Å². The van der Waals surface area contributed by atoms with E-state index in [1.54, 1.807) is 18.4 Å². The van der Waals surface area contributed by atoms with Gasteiger partial charge >= 0.3 is 0 Å². The number of aryl methyl sites for hydroxylation is 1. The summed E-state index contributed by atoms with van der Waals surface area (Å²) < 4.78 is 10.2. The Morgan fingerprint density at radius 2 is 2.06 bits per heavy atom. The maximum atomic E-state index is 5.28. The minimum absolute atomic E-state index is 0.584. The number of nitrogens with zero attached hydrogens (tertiary/aromatic N) is 2. The Hall–Kier alpha value is -0.560. The molecule has 0 amide bonds. The first-order valence-corrected chi connectivity index (χ1v) is 6.77. The summed E-state index contributed by atoms with van der Waals surface area (Å²) in [5, 5.41) is 13.6. The van der Waals surface area contributed by atoms with Gasteiger partial charge in [0.2, 0.25) is 0 Å². The number of hydrogen-bond acceptors (Lipinski definition) is 6. The summed E-state index contributed by atoms with van der Waals surface area (Å²) in [6, 6.07) is 0. The summed E-state index contributed by atoms with van der Waals surface area (Å²) >= 11 is 1.64. The molecule has 1 heterocycles. The minimum atomic E-state index is 0.584. The molecule has 0 saturated heterocycles. The molecule has 0 fully saturated rings. The van der Waals surface area contributed by atoms with E-state index in [9.17, 15) is 0 Å². The first-order chi connectivity index (χ1) is 8.36. The Balaban J connectivity index is 2.08. The van der Waals surface area contributed by atoms with Crippen LogP contribution in [0, 0.1) is 0 Å². The molecule has 0 bridgehead atoms. The highest BCUT2D eigenvalue weighted by atomic mass is 32.1. The quantitative estimate of drug-likeness (QED) is 0.641. The van der Waals surface area contributed by atoms with Gasteiger partial charge in [-0.3, -0.25) is 0 Å². The lowest BCUT2D eigenvalue weighted by Crippen LogP contribution is -2.20. The summed E-state index contributed by atoms with van der Waals surface area (Å²) in [5.41, 5.74) is 0. The molecule has 6 heteroatoms. The van der Waals surface area contributed by atoms with Crippen LogP contribution in [-0.2, 0) is 22.5 Å². The van der Waals surface area contributed by atoms with Crippen LogP contribution >= 0.6 is 11.3 Å². The van der Waals surface area contributed by atoms with Crippen LogP contribution < -0.4 is 5.32 Å². The fourth-order valence-corrected chi connectivity index (χ4v) is 2.12. The number of methoxy groups -OCH3 is 1. The van der Waals surface area contributed by atoms with Crippen LogP contribution in [0.25, 0.3) is 0 Å². The number of hydrogen-bond donors (Lipinski definition) is 1. The summed E-state index contributed by atoms with van der Waals surface area (Å²) in [7, 11) is 1.71. The van der Waals surface area contributed by atoms with Crippen molar-refractivity contribution in [2.45, 2.75) is 26.4 Å². The van der Waals surface area contributed by atoms with Crippen LogP contribution in [0.15, 0.2) is 0 Å². The van der Waals surface area contributed by atoms with E-state index in [4.69, 9.17) is 9.47 Å². The first kappa shape index (κ1) is 14.5. The second kappa shape index (κ2) is 9.47. The predicted molar refractivity (Wildman–Crippen MR) is 68.3 cm³/mol. The molecule has 1 N–H and O–H groups in total. The second-order valence-corrected chi connectivity index (χ2v) is 4.72. The fraction of sp³-hybridized carbons (Fsp3) is 0.818. The Labute approximate surface area is 107 Å². The van der Waals surface area contributed by atoms with Crippen molar-refractivity contribution in [2.24, 2.45) is 0 Å². The van der Waals surface area contributed by atoms with Crippen molar-refractivity contribution in [3.8, 4) is 0 Å². The number of ether oxygens (including phenoxy) is 2. The van der Waals surface area contributed by atoms with Crippen LogP contribution in [0.3, 0.4) is 0 Å². The van der Waals surface area contributed by atoms with Gasteiger partial charge in [-0.1, -0.05) is 11.3 Å². The summed E-state index contributed by atoms with van der Waals surface area (Å²) in [4.78, 5) is 0. The van der Waals surface area contributed by atoms with E-state index in [1.807, 2.05) is 6.92 Å². The molecule has 98 valence electrons. The zero-order valence-corrected chi connectivity index (χ0v) is 11.4. The SMILES string of the molecule is CCOCc1nnc(CCCNCCOC)s1. The third-order valence-corrected chi connectivity index (χ3v) is 3.12. The third kappa shape index (κ3) is 6.68. The van der Waals surface area contributed by atoms with Gasteiger partial charge in [0.05, 0.1) is 6.61 Å². The molecule has 1 rings (SSSR count). The zero-order valence-electron chi connectivity index (χ0n) is 10.6. The third-order valence-electron chi connectivity index (χ3n) is 2.17. The van der Waals surface area contributed by atoms with Crippen molar-refractivity contribution in [2.75, 3.05) is 33.4 Å². The van der Waals surface area contributed by atoms with Gasteiger partial charge in [-0.2, -0.15) is 0 Å². The van der Waals surface area contributed by atoms with E-state index in [1.165, 1.54) is 0 Å². The molecule has 0 aliphatic rings. The highest BCUT2D eigenvalue weighted by Crippen LogP contribution is 2.12. The van der Waals surface area contributed by atoms with Gasteiger partial charge in [0, 0.05) is 26.7 Å². The van der Waals surface area contributed by atoms with E-state index in [0.717, 1.165) is 49.2 Å². The smallest absolute Gasteiger partial charge is 0.143 e. The molecule has 0 unspecified atom stereocenters. The van der Waals surface area contributed by atoms with Gasteiger partial charge < -0.3 is 14.8 Å². The van der Waals surface area contributed by atoms with Gasteiger partial charge in [0.15, 0.2) is 0 Å². The van der Waals surface area contributed by atoms with E-state index in [2.05, 4.69) is 15.5 Å². The summed E-state index contributed by atoms with van der Waals surface area (Å²) in [5.74, 6) is 0. The average Bonchev–Trinajstić information content (AvgIpc) is 2.79. The normalized spacial score (nSPS) is 10.9. The lowest BCUT2D eigenvalue weighted by atomic mass is 10.3. The topological polar surface area (TPSA) is 56.3 Å². The van der Waals surface area contributed by atoms with Crippen LogP contribution in [0.5, 0.6) is 0 Å². The summed E-state index contributed by atoms with van der Waals surface area (Å²) in [6.07, 6.45) is 2.05. The molecule has 1 aromatic heterocycles. The molecular weight excluding hydrogens is 238 g/mol. The van der Waals surface area contributed by atoms with Crippen molar-refractivity contribution < 1.29 is 9.47 Å². The Kier molecular flexibility index (Phi) is 8.08. The van der Waals surface area contributed by atoms with Crippen LogP contribution in [-0.4, -0.2) is 43.6 Å². The van der Waals surface area contributed by atoms with Crippen LogP contribution in [0.4, 0.5) is 0 Å². The molecule has 0 aromatic carbocycles. The van der Waals surface area contributed by atoms with Gasteiger partial charge in [0.1, 0.15) is 16.6 Å². The molecular formula is C11H21N3O2S. The second-order valence-electron chi connectivity index (χ2n) is 3.57. The standard InChI is InChI=1S/C11H21N3O2S/c1-3-16-9-11-14-13-10(17-11)5-4-6-12-7-8-15-2/h12H,3-9H2,1-2H3. The average molecular weight is 259 g/mol. The number of aromatic nitrogens is 2. The minimum Gasteiger partial charge on any atom is -0.383 e. The van der Waals surface area contributed by atoms with Crippen molar-refractivity contribution in [1.82, 2.24) is 15.5 Å². The lowest BCUT2D eigenvalue weighted by molar-refractivity contribution is 0.133. The summed E-state index contributed by atoms with van der Waals surface area (Å²) in [6.45, 7) is 5.94. The van der Waals surface area contributed by atoms with Crippen molar-refractivity contribution in [3.05, 3.63) is 10.0 Å². The molecule has 0 saturated carbocycles. The Morgan fingerprint density at radius 1 is 1.24 bits per heavy atom. The lowest BCUT2D eigenvalue weighted by Gasteiger charge is -2.01. The maximum Gasteiger partial charge on any atom is 0.143 e. The molecule has 0 radical (unpaired) electrons. The van der Waals surface area contributed by atoms with Gasteiger partial charge in [-0.25, -0.2) is 0 Å². The predicted octanol–water partition coefficient (Wildman–Crippen LogP) is 1.24. The zero-order chi connectivity index (χ0) is 12.3. The van der Waals surface area contributed by atoms with Crippen LogP contribution in [0.1, 0.15) is 23.4 Å². The molecule has 0 atom stereocenters. The molecule has 0 aliphatic carbocycles. The Bertz CT molecular complexity index is 294. The maximum absolute atomic E-state index is 5.28. The van der Waals surface area contributed by atoms with Crippen molar-refractivity contribution in [1.29, 1.82) is 0 Å². The van der Waals surface area contributed by atoms with E-state index >= 15 is 0 Å². The molecule has 5 nitrogen and oxygen atoms in total. The fourth-order valence-electron chi connectivity index (χ4n) is 1.30.